The van der Waals surface area contributed by atoms with Crippen molar-refractivity contribution in [2.45, 2.75) is 65.0 Å². The Morgan fingerprint density at radius 3 is 2.30 bits per heavy atom. The molecule has 1 aromatic carbocycles. The standard InChI is InChI=1S/C18H29NO/c1-5-8-14-9-11-15(12-10-14)20-17-13-16(19-4)18(17,6-2)7-3/h9-12,16-17,19H,5-8,13H2,1-4H3. The second-order valence-electron chi connectivity index (χ2n) is 6.02. The molecule has 0 aliphatic heterocycles. The van der Waals surface area contributed by atoms with Gasteiger partial charge in [-0.05, 0) is 44.0 Å². The van der Waals surface area contributed by atoms with Gasteiger partial charge in [0.2, 0.25) is 0 Å². The van der Waals surface area contributed by atoms with Crippen LogP contribution in [0.25, 0.3) is 0 Å². The third kappa shape index (κ3) is 2.71. The molecule has 2 rings (SSSR count). The Balaban J connectivity index is 2.02. The van der Waals surface area contributed by atoms with E-state index in [1.807, 2.05) is 0 Å². The van der Waals surface area contributed by atoms with E-state index in [4.69, 9.17) is 4.74 Å². The molecule has 0 bridgehead atoms. The van der Waals surface area contributed by atoms with Crippen molar-refractivity contribution < 1.29 is 4.74 Å². The molecule has 0 amide bonds. The first-order chi connectivity index (χ1) is 9.70. The molecule has 2 nitrogen and oxygen atoms in total. The smallest absolute Gasteiger partial charge is 0.119 e. The van der Waals surface area contributed by atoms with Crippen molar-refractivity contribution in [1.82, 2.24) is 5.32 Å². The van der Waals surface area contributed by atoms with Crippen LogP contribution in [-0.2, 0) is 6.42 Å². The molecule has 1 aliphatic rings. The molecular weight excluding hydrogens is 246 g/mol. The van der Waals surface area contributed by atoms with Crippen LogP contribution in [0.5, 0.6) is 5.75 Å². The molecule has 1 aromatic rings. The minimum atomic E-state index is 0.302. The Hall–Kier alpha value is -1.02. The second kappa shape index (κ2) is 6.62. The number of aryl methyl sites for hydroxylation is 1. The minimum absolute atomic E-state index is 0.302. The molecule has 20 heavy (non-hydrogen) atoms. The predicted octanol–water partition coefficient (Wildman–Crippen LogP) is 4.18. The average Bonchev–Trinajstić information content (AvgIpc) is 2.46. The molecule has 1 aliphatic carbocycles. The lowest BCUT2D eigenvalue weighted by atomic mass is 9.58. The van der Waals surface area contributed by atoms with E-state index in [0.29, 0.717) is 17.6 Å². The maximum Gasteiger partial charge on any atom is 0.119 e. The zero-order valence-corrected chi connectivity index (χ0v) is 13.4. The third-order valence-corrected chi connectivity index (χ3v) is 5.19. The average molecular weight is 275 g/mol. The number of nitrogens with one attached hydrogen (secondary N) is 1. The number of ether oxygens (including phenoxy) is 1. The van der Waals surface area contributed by atoms with Gasteiger partial charge in [-0.25, -0.2) is 0 Å². The molecule has 112 valence electrons. The molecule has 2 unspecified atom stereocenters. The molecule has 2 heteroatoms. The van der Waals surface area contributed by atoms with Gasteiger partial charge in [-0.3, -0.25) is 0 Å². The van der Waals surface area contributed by atoms with Crippen molar-refractivity contribution in [3.05, 3.63) is 29.8 Å². The number of hydrogen-bond acceptors (Lipinski definition) is 2. The first kappa shape index (κ1) is 15.4. The van der Waals surface area contributed by atoms with Gasteiger partial charge in [-0.15, -0.1) is 0 Å². The summed E-state index contributed by atoms with van der Waals surface area (Å²) in [4.78, 5) is 0. The fraction of sp³-hybridized carbons (Fsp3) is 0.667. The van der Waals surface area contributed by atoms with E-state index in [1.54, 1.807) is 0 Å². The lowest BCUT2D eigenvalue weighted by Crippen LogP contribution is -2.63. The lowest BCUT2D eigenvalue weighted by molar-refractivity contribution is -0.0835. The molecule has 1 fully saturated rings. The highest BCUT2D eigenvalue weighted by Crippen LogP contribution is 2.48. The fourth-order valence-corrected chi connectivity index (χ4v) is 3.70. The summed E-state index contributed by atoms with van der Waals surface area (Å²) in [6.07, 6.45) is 6.17. The maximum absolute atomic E-state index is 6.27. The van der Waals surface area contributed by atoms with Crippen molar-refractivity contribution in [1.29, 1.82) is 0 Å². The number of hydrogen-bond donors (Lipinski definition) is 1. The largest absolute Gasteiger partial charge is 0.490 e. The molecule has 0 saturated heterocycles. The Kier molecular flexibility index (Phi) is 5.09. The van der Waals surface area contributed by atoms with E-state index in [0.717, 1.165) is 18.6 Å². The Morgan fingerprint density at radius 2 is 1.80 bits per heavy atom. The van der Waals surface area contributed by atoms with E-state index in [1.165, 1.54) is 24.8 Å². The SMILES string of the molecule is CCCc1ccc(OC2CC(NC)C2(CC)CC)cc1. The van der Waals surface area contributed by atoms with Crippen LogP contribution in [0.4, 0.5) is 0 Å². The van der Waals surface area contributed by atoms with E-state index in [-0.39, 0.29) is 0 Å². The van der Waals surface area contributed by atoms with Crippen molar-refractivity contribution in [3.63, 3.8) is 0 Å². The summed E-state index contributed by atoms with van der Waals surface area (Å²) in [6.45, 7) is 6.79. The van der Waals surface area contributed by atoms with Crippen molar-refractivity contribution in [2.24, 2.45) is 5.41 Å². The monoisotopic (exact) mass is 275 g/mol. The number of benzene rings is 1. The van der Waals surface area contributed by atoms with E-state index in [9.17, 15) is 0 Å². The van der Waals surface area contributed by atoms with Crippen LogP contribution in [0.2, 0.25) is 0 Å². The van der Waals surface area contributed by atoms with Crippen molar-refractivity contribution >= 4 is 0 Å². The zero-order chi connectivity index (χ0) is 14.6. The predicted molar refractivity (Wildman–Crippen MR) is 85.3 cm³/mol. The summed E-state index contributed by atoms with van der Waals surface area (Å²) < 4.78 is 6.27. The van der Waals surface area contributed by atoms with Crippen molar-refractivity contribution in [3.8, 4) is 5.75 Å². The molecule has 1 N–H and O–H groups in total. The maximum atomic E-state index is 6.27. The van der Waals surface area contributed by atoms with Gasteiger partial charge in [-0.1, -0.05) is 39.3 Å². The highest BCUT2D eigenvalue weighted by atomic mass is 16.5. The van der Waals surface area contributed by atoms with E-state index in [2.05, 4.69) is 57.4 Å². The van der Waals surface area contributed by atoms with Gasteiger partial charge in [0, 0.05) is 17.9 Å². The van der Waals surface area contributed by atoms with Crippen LogP contribution in [0.3, 0.4) is 0 Å². The van der Waals surface area contributed by atoms with Gasteiger partial charge in [0.1, 0.15) is 11.9 Å². The molecule has 0 heterocycles. The molecule has 0 aromatic heterocycles. The van der Waals surface area contributed by atoms with Gasteiger partial charge in [0.25, 0.3) is 0 Å². The highest BCUT2D eigenvalue weighted by molar-refractivity contribution is 5.28. The topological polar surface area (TPSA) is 21.3 Å². The van der Waals surface area contributed by atoms with Crippen LogP contribution in [-0.4, -0.2) is 19.2 Å². The number of rotatable bonds is 7. The summed E-state index contributed by atoms with van der Waals surface area (Å²) >= 11 is 0. The van der Waals surface area contributed by atoms with Gasteiger partial charge in [-0.2, -0.15) is 0 Å². The van der Waals surface area contributed by atoms with Gasteiger partial charge in [0.15, 0.2) is 0 Å². The summed E-state index contributed by atoms with van der Waals surface area (Å²) in [5.74, 6) is 1.02. The van der Waals surface area contributed by atoms with Crippen LogP contribution in [0.1, 0.15) is 52.0 Å². The zero-order valence-electron chi connectivity index (χ0n) is 13.4. The van der Waals surface area contributed by atoms with Gasteiger partial charge in [0.05, 0.1) is 0 Å². The minimum Gasteiger partial charge on any atom is -0.490 e. The summed E-state index contributed by atoms with van der Waals surface area (Å²) in [5, 5.41) is 3.46. The first-order valence-electron chi connectivity index (χ1n) is 8.13. The molecule has 0 spiro atoms. The molecule has 0 radical (unpaired) electrons. The van der Waals surface area contributed by atoms with Crippen LogP contribution >= 0.6 is 0 Å². The fourth-order valence-electron chi connectivity index (χ4n) is 3.70. The molecular formula is C18H29NO. The first-order valence-corrected chi connectivity index (χ1v) is 8.13. The lowest BCUT2D eigenvalue weighted by Gasteiger charge is -2.55. The van der Waals surface area contributed by atoms with E-state index >= 15 is 0 Å². The molecule has 2 atom stereocenters. The van der Waals surface area contributed by atoms with Crippen LogP contribution in [0, 0.1) is 5.41 Å². The van der Waals surface area contributed by atoms with Crippen molar-refractivity contribution in [2.75, 3.05) is 7.05 Å². The third-order valence-electron chi connectivity index (χ3n) is 5.19. The normalized spacial score (nSPS) is 24.2. The Labute approximate surface area is 123 Å². The Bertz CT molecular complexity index is 408. The summed E-state index contributed by atoms with van der Waals surface area (Å²) in [7, 11) is 2.07. The van der Waals surface area contributed by atoms with Gasteiger partial charge >= 0.3 is 0 Å². The summed E-state index contributed by atoms with van der Waals surface area (Å²) in [5.41, 5.74) is 1.70. The molecule has 1 saturated carbocycles. The Morgan fingerprint density at radius 1 is 1.15 bits per heavy atom. The quantitative estimate of drug-likeness (QED) is 0.806. The second-order valence-corrected chi connectivity index (χ2v) is 6.02. The van der Waals surface area contributed by atoms with Crippen LogP contribution < -0.4 is 10.1 Å². The van der Waals surface area contributed by atoms with E-state index < -0.39 is 0 Å². The van der Waals surface area contributed by atoms with Gasteiger partial charge < -0.3 is 10.1 Å². The van der Waals surface area contributed by atoms with Crippen LogP contribution in [0.15, 0.2) is 24.3 Å². The highest BCUT2D eigenvalue weighted by Gasteiger charge is 2.53. The summed E-state index contributed by atoms with van der Waals surface area (Å²) in [6, 6.07) is 9.27.